The fraction of sp³-hybridized carbons (Fsp3) is 0.615. The van der Waals surface area contributed by atoms with Crippen molar-refractivity contribution in [2.45, 2.75) is 51.7 Å². The maximum atomic E-state index is 13.1. The zero-order valence-corrected chi connectivity index (χ0v) is 11.2. The van der Waals surface area contributed by atoms with Gasteiger partial charge in [0.15, 0.2) is 0 Å². The number of hydrogen-bond donors (Lipinski definition) is 1. The van der Waals surface area contributed by atoms with Gasteiger partial charge in [-0.25, -0.2) is 4.39 Å². The van der Waals surface area contributed by atoms with Gasteiger partial charge in [-0.2, -0.15) is 0 Å². The molecule has 0 atom stereocenters. The van der Waals surface area contributed by atoms with Crippen LogP contribution in [0.5, 0.6) is 0 Å². The summed E-state index contributed by atoms with van der Waals surface area (Å²) in [7, 11) is 0. The highest BCUT2D eigenvalue weighted by Crippen LogP contribution is 2.40. The Bertz CT molecular complexity index is 431. The fourth-order valence-electron chi connectivity index (χ4n) is 1.94. The maximum absolute atomic E-state index is 13.1. The van der Waals surface area contributed by atoms with Crippen molar-refractivity contribution in [3.05, 3.63) is 29.3 Å². The van der Waals surface area contributed by atoms with Crippen LogP contribution in [0.3, 0.4) is 0 Å². The van der Waals surface area contributed by atoms with Crippen LogP contribution >= 0.6 is 0 Å². The summed E-state index contributed by atoms with van der Waals surface area (Å²) >= 11 is 0. The van der Waals surface area contributed by atoms with Gasteiger partial charge in [0.2, 0.25) is 0 Å². The molecule has 1 aliphatic carbocycles. The second kappa shape index (κ2) is 6.99. The van der Waals surface area contributed by atoms with Crippen molar-refractivity contribution in [3.8, 4) is 0 Å². The minimum atomic E-state index is -4.62. The average molecular weight is 295 g/mol. The summed E-state index contributed by atoms with van der Waals surface area (Å²) in [5.41, 5.74) is 0.586. The van der Waals surface area contributed by atoms with Gasteiger partial charge in [0, 0.05) is 17.2 Å². The molecule has 2 rings (SSSR count). The quantitative estimate of drug-likeness (QED) is 0.868. The number of hydrogen-bond acceptors (Lipinski definition) is 3. The van der Waals surface area contributed by atoms with Crippen LogP contribution in [-0.2, 0) is 11.3 Å². The first-order valence-corrected chi connectivity index (χ1v) is 6.39. The molecule has 1 fully saturated rings. The van der Waals surface area contributed by atoms with Crippen LogP contribution in [0.2, 0.25) is 0 Å². The van der Waals surface area contributed by atoms with Gasteiger partial charge in [0.1, 0.15) is 5.82 Å². The Hall–Kier alpha value is -1.21. The highest BCUT2D eigenvalue weighted by atomic mass is 19.4. The zero-order chi connectivity index (χ0) is 15.3. The van der Waals surface area contributed by atoms with Gasteiger partial charge in [-0.3, -0.25) is 9.72 Å². The number of alkyl halides is 3. The molecule has 0 saturated heterocycles. The molecule has 0 unspecified atom stereocenters. The minimum absolute atomic E-state index is 0.0974. The summed E-state index contributed by atoms with van der Waals surface area (Å²) in [4.78, 5) is 3.82. The molecule has 1 aromatic heterocycles. The van der Waals surface area contributed by atoms with E-state index in [-0.39, 0.29) is 24.3 Å². The Morgan fingerprint density at radius 1 is 1.35 bits per heavy atom. The van der Waals surface area contributed by atoms with E-state index in [2.05, 4.69) is 9.72 Å². The molecule has 7 heteroatoms. The molecule has 3 nitrogen and oxygen atoms in total. The highest BCUT2D eigenvalue weighted by molar-refractivity contribution is 5.22. The number of aromatic nitrogens is 1. The van der Waals surface area contributed by atoms with E-state index in [9.17, 15) is 17.6 Å². The Balaban J connectivity index is 0.000000956. The van der Waals surface area contributed by atoms with E-state index in [0.29, 0.717) is 5.69 Å². The van der Waals surface area contributed by atoms with Crippen LogP contribution in [0.15, 0.2) is 12.3 Å². The molecular weight excluding hydrogens is 278 g/mol. The number of nitrogens with zero attached hydrogens (tertiary/aromatic N) is 1. The molecule has 0 aliphatic heterocycles. The Labute approximate surface area is 114 Å². The van der Waals surface area contributed by atoms with Crippen molar-refractivity contribution in [2.75, 3.05) is 0 Å². The molecule has 1 aliphatic rings. The smallest absolute Gasteiger partial charge is 0.392 e. The second-order valence-corrected chi connectivity index (χ2v) is 4.21. The standard InChI is InChI=1S/C11H11F4NO2.C2H6/c12-9-4-16-10(3-7(9)5-17)6-1-8(2-6)18-11(13,14)15;1-2/h3-4,6,8,17H,1-2,5H2;1-2H3. The molecule has 0 aromatic carbocycles. The average Bonchev–Trinajstić information content (AvgIpc) is 2.36. The summed E-state index contributed by atoms with van der Waals surface area (Å²) in [6.45, 7) is 3.54. The van der Waals surface area contributed by atoms with Crippen LogP contribution in [0.25, 0.3) is 0 Å². The maximum Gasteiger partial charge on any atom is 0.522 e. The molecule has 1 aromatic rings. The van der Waals surface area contributed by atoms with E-state index >= 15 is 0 Å². The highest BCUT2D eigenvalue weighted by Gasteiger charge is 2.41. The third-order valence-electron chi connectivity index (χ3n) is 2.94. The van der Waals surface area contributed by atoms with E-state index in [1.54, 1.807) is 0 Å². The fourth-order valence-corrected chi connectivity index (χ4v) is 1.94. The number of aliphatic hydroxyl groups excluding tert-OH is 1. The van der Waals surface area contributed by atoms with Crippen molar-refractivity contribution in [1.29, 1.82) is 0 Å². The van der Waals surface area contributed by atoms with E-state index in [1.807, 2.05) is 13.8 Å². The van der Waals surface area contributed by atoms with Gasteiger partial charge in [-0.15, -0.1) is 13.2 Å². The lowest BCUT2D eigenvalue weighted by molar-refractivity contribution is -0.351. The van der Waals surface area contributed by atoms with Gasteiger partial charge in [-0.05, 0) is 18.9 Å². The Morgan fingerprint density at radius 2 is 1.95 bits per heavy atom. The van der Waals surface area contributed by atoms with Gasteiger partial charge < -0.3 is 5.11 Å². The first-order chi connectivity index (χ1) is 9.39. The topological polar surface area (TPSA) is 42.4 Å². The number of ether oxygens (including phenoxy) is 1. The lowest BCUT2D eigenvalue weighted by atomic mass is 9.79. The number of aliphatic hydroxyl groups is 1. The molecule has 0 radical (unpaired) electrons. The first-order valence-electron chi connectivity index (χ1n) is 6.39. The number of halogens is 4. The lowest BCUT2D eigenvalue weighted by Crippen LogP contribution is -2.35. The predicted octanol–water partition coefficient (Wildman–Crippen LogP) is 3.52. The Morgan fingerprint density at radius 3 is 2.45 bits per heavy atom. The van der Waals surface area contributed by atoms with E-state index in [1.165, 1.54) is 6.07 Å². The summed E-state index contributed by atoms with van der Waals surface area (Å²) in [6, 6.07) is 1.38. The Kier molecular flexibility index (Phi) is 5.88. The van der Waals surface area contributed by atoms with Gasteiger partial charge in [-0.1, -0.05) is 13.8 Å². The molecule has 114 valence electrons. The normalized spacial score (nSPS) is 21.8. The van der Waals surface area contributed by atoms with E-state index in [4.69, 9.17) is 5.11 Å². The van der Waals surface area contributed by atoms with Crippen LogP contribution in [-0.4, -0.2) is 22.6 Å². The van der Waals surface area contributed by atoms with Crippen molar-refractivity contribution in [1.82, 2.24) is 4.98 Å². The SMILES string of the molecule is CC.OCc1cc(C2CC(OC(F)(F)F)C2)ncc1F. The third-order valence-corrected chi connectivity index (χ3v) is 2.94. The van der Waals surface area contributed by atoms with Gasteiger partial charge in [0.05, 0.1) is 18.9 Å². The molecule has 0 spiro atoms. The van der Waals surface area contributed by atoms with Crippen LogP contribution < -0.4 is 0 Å². The van der Waals surface area contributed by atoms with Crippen LogP contribution in [0, 0.1) is 5.82 Å². The molecule has 1 saturated carbocycles. The third kappa shape index (κ3) is 4.42. The monoisotopic (exact) mass is 295 g/mol. The molecule has 0 amide bonds. The molecule has 20 heavy (non-hydrogen) atoms. The van der Waals surface area contributed by atoms with Crippen LogP contribution in [0.1, 0.15) is 43.9 Å². The van der Waals surface area contributed by atoms with Gasteiger partial charge >= 0.3 is 6.36 Å². The van der Waals surface area contributed by atoms with Crippen LogP contribution in [0.4, 0.5) is 17.6 Å². The summed E-state index contributed by atoms with van der Waals surface area (Å²) in [5.74, 6) is -0.799. The van der Waals surface area contributed by atoms with Crippen molar-refractivity contribution in [3.63, 3.8) is 0 Å². The largest absolute Gasteiger partial charge is 0.522 e. The number of pyridine rings is 1. The summed E-state index contributed by atoms with van der Waals surface area (Å²) in [5, 5.41) is 8.88. The number of rotatable bonds is 3. The molecular formula is C13H17F4NO2. The summed E-state index contributed by atoms with van der Waals surface area (Å²) < 4.78 is 52.6. The minimum Gasteiger partial charge on any atom is -0.392 e. The van der Waals surface area contributed by atoms with Crippen molar-refractivity contribution in [2.24, 2.45) is 0 Å². The molecule has 1 N–H and O–H groups in total. The van der Waals surface area contributed by atoms with E-state index in [0.717, 1.165) is 6.20 Å². The van der Waals surface area contributed by atoms with Crippen molar-refractivity contribution < 1.29 is 27.4 Å². The second-order valence-electron chi connectivity index (χ2n) is 4.21. The van der Waals surface area contributed by atoms with E-state index < -0.39 is 24.9 Å². The summed E-state index contributed by atoms with van der Waals surface area (Å²) in [6.07, 6.45) is -4.12. The molecule has 0 bridgehead atoms. The first kappa shape index (κ1) is 16.8. The lowest BCUT2D eigenvalue weighted by Gasteiger charge is -2.35. The zero-order valence-electron chi connectivity index (χ0n) is 11.2. The van der Waals surface area contributed by atoms with Crippen molar-refractivity contribution >= 4 is 0 Å². The molecule has 1 heterocycles. The van der Waals surface area contributed by atoms with Gasteiger partial charge in [0.25, 0.3) is 0 Å². The predicted molar refractivity (Wildman–Crippen MR) is 64.4 cm³/mol.